The minimum Gasteiger partial charge on any atom is -0.285 e. The molecule has 0 fully saturated rings. The summed E-state index contributed by atoms with van der Waals surface area (Å²) in [5.41, 5.74) is 1.98. The SMILES string of the molecule is CC(C)n1c(SCc2cccc(Br)c2)nc2ccccc2c1=O. The van der Waals surface area contributed by atoms with E-state index in [2.05, 4.69) is 28.1 Å². The first-order valence-electron chi connectivity index (χ1n) is 7.45. The number of hydrogen-bond acceptors (Lipinski definition) is 3. The zero-order valence-electron chi connectivity index (χ0n) is 13.0. The lowest BCUT2D eigenvalue weighted by Gasteiger charge is -2.16. The summed E-state index contributed by atoms with van der Waals surface area (Å²) >= 11 is 5.09. The van der Waals surface area contributed by atoms with Gasteiger partial charge in [0.25, 0.3) is 5.56 Å². The lowest BCUT2D eigenvalue weighted by molar-refractivity contribution is 0.519. The fourth-order valence-corrected chi connectivity index (χ4v) is 3.98. The van der Waals surface area contributed by atoms with Crippen LogP contribution in [0.2, 0.25) is 0 Å². The zero-order valence-corrected chi connectivity index (χ0v) is 15.4. The Bertz CT molecular complexity index is 905. The number of hydrogen-bond donors (Lipinski definition) is 0. The molecule has 0 N–H and O–H groups in total. The molecule has 3 aromatic rings. The molecule has 0 spiro atoms. The van der Waals surface area contributed by atoms with E-state index in [1.54, 1.807) is 16.3 Å². The zero-order chi connectivity index (χ0) is 16.4. The number of halogens is 1. The van der Waals surface area contributed by atoms with Crippen LogP contribution < -0.4 is 5.56 Å². The van der Waals surface area contributed by atoms with E-state index in [0.29, 0.717) is 5.39 Å². The molecule has 118 valence electrons. The number of para-hydroxylation sites is 1. The summed E-state index contributed by atoms with van der Waals surface area (Å²) in [5, 5.41) is 1.44. The molecular formula is C18H17BrN2OS. The molecule has 0 radical (unpaired) electrons. The largest absolute Gasteiger partial charge is 0.285 e. The highest BCUT2D eigenvalue weighted by atomic mass is 79.9. The normalized spacial score (nSPS) is 11.3. The summed E-state index contributed by atoms with van der Waals surface area (Å²) < 4.78 is 2.84. The smallest absolute Gasteiger partial charge is 0.262 e. The monoisotopic (exact) mass is 388 g/mol. The fourth-order valence-electron chi connectivity index (χ4n) is 2.46. The maximum absolute atomic E-state index is 12.8. The molecule has 0 saturated carbocycles. The molecule has 0 aliphatic carbocycles. The van der Waals surface area contributed by atoms with Gasteiger partial charge in [0.1, 0.15) is 0 Å². The quantitative estimate of drug-likeness (QED) is 0.464. The van der Waals surface area contributed by atoms with E-state index in [1.807, 2.05) is 50.2 Å². The third-order valence-electron chi connectivity index (χ3n) is 3.55. The third kappa shape index (κ3) is 3.51. The van der Waals surface area contributed by atoms with Gasteiger partial charge in [0.05, 0.1) is 10.9 Å². The van der Waals surface area contributed by atoms with Gasteiger partial charge in [-0.2, -0.15) is 0 Å². The van der Waals surface area contributed by atoms with Crippen molar-refractivity contribution in [2.45, 2.75) is 30.8 Å². The highest BCUT2D eigenvalue weighted by molar-refractivity contribution is 9.10. The second-order valence-electron chi connectivity index (χ2n) is 5.60. The Morgan fingerprint density at radius 1 is 1.17 bits per heavy atom. The molecule has 0 aliphatic heterocycles. The first-order valence-corrected chi connectivity index (χ1v) is 9.22. The molecule has 0 amide bonds. The van der Waals surface area contributed by atoms with Crippen molar-refractivity contribution < 1.29 is 0 Å². The van der Waals surface area contributed by atoms with Crippen molar-refractivity contribution in [2.24, 2.45) is 0 Å². The van der Waals surface area contributed by atoms with Crippen LogP contribution in [-0.4, -0.2) is 9.55 Å². The summed E-state index contributed by atoms with van der Waals surface area (Å²) in [7, 11) is 0. The summed E-state index contributed by atoms with van der Waals surface area (Å²) in [4.78, 5) is 17.5. The summed E-state index contributed by atoms with van der Waals surface area (Å²) in [5.74, 6) is 0.775. The van der Waals surface area contributed by atoms with Crippen LogP contribution in [0.4, 0.5) is 0 Å². The Balaban J connectivity index is 2.02. The van der Waals surface area contributed by atoms with E-state index >= 15 is 0 Å². The minimum absolute atomic E-state index is 0.0299. The predicted molar refractivity (Wildman–Crippen MR) is 100 cm³/mol. The number of aromatic nitrogens is 2. The Labute approximate surface area is 147 Å². The van der Waals surface area contributed by atoms with Crippen molar-refractivity contribution in [3.05, 3.63) is 68.9 Å². The molecule has 3 rings (SSSR count). The molecule has 0 atom stereocenters. The highest BCUT2D eigenvalue weighted by Crippen LogP contribution is 2.25. The summed E-state index contributed by atoms with van der Waals surface area (Å²) in [6.07, 6.45) is 0. The van der Waals surface area contributed by atoms with Gasteiger partial charge < -0.3 is 0 Å². The van der Waals surface area contributed by atoms with Crippen LogP contribution in [0.5, 0.6) is 0 Å². The Morgan fingerprint density at radius 2 is 1.96 bits per heavy atom. The van der Waals surface area contributed by atoms with Gasteiger partial charge in [-0.15, -0.1) is 0 Å². The molecule has 0 saturated heterocycles. The van der Waals surface area contributed by atoms with Crippen molar-refractivity contribution in [3.63, 3.8) is 0 Å². The number of rotatable bonds is 4. The Morgan fingerprint density at radius 3 is 2.70 bits per heavy atom. The van der Waals surface area contributed by atoms with Gasteiger partial charge >= 0.3 is 0 Å². The van der Waals surface area contributed by atoms with Crippen molar-refractivity contribution in [1.82, 2.24) is 9.55 Å². The second-order valence-corrected chi connectivity index (χ2v) is 7.46. The van der Waals surface area contributed by atoms with Gasteiger partial charge in [-0.05, 0) is 43.7 Å². The first-order chi connectivity index (χ1) is 11.1. The van der Waals surface area contributed by atoms with Crippen LogP contribution in [0.25, 0.3) is 10.9 Å². The highest BCUT2D eigenvalue weighted by Gasteiger charge is 2.13. The first kappa shape index (κ1) is 16.3. The van der Waals surface area contributed by atoms with Crippen molar-refractivity contribution in [1.29, 1.82) is 0 Å². The van der Waals surface area contributed by atoms with Gasteiger partial charge in [0.15, 0.2) is 5.16 Å². The Hall–Kier alpha value is -1.59. The van der Waals surface area contributed by atoms with E-state index in [9.17, 15) is 4.79 Å². The predicted octanol–water partition coefficient (Wildman–Crippen LogP) is 5.03. The molecule has 0 aliphatic rings. The van der Waals surface area contributed by atoms with Crippen LogP contribution >= 0.6 is 27.7 Å². The van der Waals surface area contributed by atoms with Crippen molar-refractivity contribution in [3.8, 4) is 0 Å². The molecule has 0 unspecified atom stereocenters. The molecule has 1 heterocycles. The minimum atomic E-state index is 0.0299. The molecule has 0 bridgehead atoms. The van der Waals surface area contributed by atoms with Crippen LogP contribution in [0, 0.1) is 0 Å². The molecule has 2 aromatic carbocycles. The van der Waals surface area contributed by atoms with Gasteiger partial charge in [-0.1, -0.05) is 52.0 Å². The van der Waals surface area contributed by atoms with Crippen LogP contribution in [0.1, 0.15) is 25.5 Å². The molecule has 3 nitrogen and oxygen atoms in total. The molecule has 23 heavy (non-hydrogen) atoms. The van der Waals surface area contributed by atoms with E-state index in [4.69, 9.17) is 4.98 Å². The standard InChI is InChI=1S/C18H17BrN2OS/c1-12(2)21-17(22)15-8-3-4-9-16(15)20-18(21)23-11-13-6-5-7-14(19)10-13/h3-10,12H,11H2,1-2H3. The number of thioether (sulfide) groups is 1. The van der Waals surface area contributed by atoms with Gasteiger partial charge in [-0.25, -0.2) is 4.98 Å². The fraction of sp³-hybridized carbons (Fsp3) is 0.222. The number of fused-ring (bicyclic) bond motifs is 1. The van der Waals surface area contributed by atoms with Crippen molar-refractivity contribution in [2.75, 3.05) is 0 Å². The lowest BCUT2D eigenvalue weighted by Crippen LogP contribution is -2.25. The molecular weight excluding hydrogens is 372 g/mol. The van der Waals surface area contributed by atoms with Gasteiger partial charge in [0.2, 0.25) is 0 Å². The third-order valence-corrected chi connectivity index (χ3v) is 5.07. The van der Waals surface area contributed by atoms with Crippen LogP contribution in [-0.2, 0) is 5.75 Å². The summed E-state index contributed by atoms with van der Waals surface area (Å²) in [6.45, 7) is 4.03. The second kappa shape index (κ2) is 6.89. The van der Waals surface area contributed by atoms with Crippen molar-refractivity contribution >= 4 is 38.6 Å². The van der Waals surface area contributed by atoms with Gasteiger partial charge in [-0.3, -0.25) is 9.36 Å². The Kier molecular flexibility index (Phi) is 4.87. The topological polar surface area (TPSA) is 34.9 Å². The van der Waals surface area contributed by atoms with E-state index in [0.717, 1.165) is 20.9 Å². The van der Waals surface area contributed by atoms with Crippen LogP contribution in [0.15, 0.2) is 63.0 Å². The van der Waals surface area contributed by atoms with E-state index in [1.165, 1.54) is 5.56 Å². The lowest BCUT2D eigenvalue weighted by atomic mass is 10.2. The van der Waals surface area contributed by atoms with Gasteiger partial charge in [0, 0.05) is 16.3 Å². The maximum Gasteiger partial charge on any atom is 0.262 e. The number of nitrogens with zero attached hydrogens (tertiary/aromatic N) is 2. The maximum atomic E-state index is 12.8. The average Bonchev–Trinajstić information content (AvgIpc) is 2.53. The van der Waals surface area contributed by atoms with Crippen LogP contribution in [0.3, 0.4) is 0 Å². The van der Waals surface area contributed by atoms with E-state index in [-0.39, 0.29) is 11.6 Å². The summed E-state index contributed by atoms with van der Waals surface area (Å²) in [6, 6.07) is 15.8. The number of benzene rings is 2. The molecule has 1 aromatic heterocycles. The molecule has 5 heteroatoms. The van der Waals surface area contributed by atoms with E-state index < -0.39 is 0 Å². The average molecular weight is 389 g/mol.